The van der Waals surface area contributed by atoms with E-state index >= 15 is 0 Å². The topological polar surface area (TPSA) is 47.6 Å². The highest BCUT2D eigenvalue weighted by Gasteiger charge is 2.43. The number of nitrogens with two attached hydrogens (primary N) is 1. The second-order valence-corrected chi connectivity index (χ2v) is 3.80. The summed E-state index contributed by atoms with van der Waals surface area (Å²) in [5, 5.41) is 0. The van der Waals surface area contributed by atoms with Gasteiger partial charge in [-0.25, -0.2) is 13.2 Å². The van der Waals surface area contributed by atoms with Gasteiger partial charge in [-0.15, -0.1) is 0 Å². The first-order valence-electron chi connectivity index (χ1n) is 5.03. The van der Waals surface area contributed by atoms with Crippen LogP contribution in [-0.2, 0) is 4.74 Å². The molecule has 92 valence electrons. The Morgan fingerprint density at radius 3 is 2.76 bits per heavy atom. The summed E-state index contributed by atoms with van der Waals surface area (Å²) in [6.45, 7) is -0.989. The Kier molecular flexibility index (Phi) is 3.06. The molecule has 0 radical (unpaired) electrons. The smallest absolute Gasteiger partial charge is 0.297 e. The van der Waals surface area contributed by atoms with Gasteiger partial charge in [-0.2, -0.15) is 0 Å². The van der Waals surface area contributed by atoms with Crippen LogP contribution in [0.3, 0.4) is 0 Å². The van der Waals surface area contributed by atoms with Gasteiger partial charge in [-0.05, 0) is 6.07 Å². The molecule has 0 aromatic heterocycles. The van der Waals surface area contributed by atoms with Gasteiger partial charge in [0.05, 0.1) is 0 Å². The number of hydrogen-bond donors (Lipinski definition) is 1. The summed E-state index contributed by atoms with van der Waals surface area (Å²) in [7, 11) is 0. The van der Waals surface area contributed by atoms with E-state index in [2.05, 4.69) is 9.73 Å². The average molecular weight is 244 g/mol. The Hall–Kier alpha value is -1.56. The van der Waals surface area contributed by atoms with Crippen LogP contribution < -0.4 is 5.73 Å². The van der Waals surface area contributed by atoms with Gasteiger partial charge in [-0.1, -0.05) is 18.2 Å². The molecule has 1 aromatic rings. The van der Waals surface area contributed by atoms with Crippen molar-refractivity contribution >= 4 is 5.84 Å². The van der Waals surface area contributed by atoms with Crippen molar-refractivity contribution in [2.75, 3.05) is 13.2 Å². The molecule has 3 nitrogen and oxygen atoms in total. The van der Waals surface area contributed by atoms with Gasteiger partial charge < -0.3 is 10.5 Å². The minimum atomic E-state index is -3.27. The lowest BCUT2D eigenvalue weighted by atomic mass is 10.0. The Morgan fingerprint density at radius 1 is 1.35 bits per heavy atom. The molecule has 1 unspecified atom stereocenters. The van der Waals surface area contributed by atoms with Gasteiger partial charge in [0.25, 0.3) is 5.92 Å². The molecule has 1 atom stereocenters. The average Bonchev–Trinajstić information content (AvgIpc) is 2.38. The van der Waals surface area contributed by atoms with Crippen LogP contribution in [0.1, 0.15) is 11.6 Å². The van der Waals surface area contributed by atoms with Crippen LogP contribution in [-0.4, -0.2) is 25.0 Å². The number of benzene rings is 1. The lowest BCUT2D eigenvalue weighted by molar-refractivity contribution is -0.0831. The quantitative estimate of drug-likeness (QED) is 0.820. The molecule has 2 N–H and O–H groups in total. The summed E-state index contributed by atoms with van der Waals surface area (Å²) >= 11 is 0. The third-order valence-electron chi connectivity index (χ3n) is 2.44. The van der Waals surface area contributed by atoms with Crippen molar-refractivity contribution in [3.8, 4) is 0 Å². The molecule has 0 aliphatic carbocycles. The van der Waals surface area contributed by atoms with Crippen LogP contribution in [0.25, 0.3) is 0 Å². The summed E-state index contributed by atoms with van der Waals surface area (Å²) in [6.07, 6.45) is 0. The van der Waals surface area contributed by atoms with Gasteiger partial charge in [-0.3, -0.25) is 4.99 Å². The van der Waals surface area contributed by atoms with E-state index in [0.717, 1.165) is 6.07 Å². The largest absolute Gasteiger partial charge is 0.386 e. The van der Waals surface area contributed by atoms with Crippen LogP contribution >= 0.6 is 0 Å². The highest BCUT2D eigenvalue weighted by Crippen LogP contribution is 2.37. The van der Waals surface area contributed by atoms with Crippen LogP contribution in [0.15, 0.2) is 29.3 Å². The molecule has 0 spiro atoms. The number of hydrogen-bond acceptors (Lipinski definition) is 3. The van der Waals surface area contributed by atoms with Crippen LogP contribution in [0.4, 0.5) is 13.2 Å². The van der Waals surface area contributed by atoms with Crippen molar-refractivity contribution in [1.29, 1.82) is 0 Å². The first-order valence-corrected chi connectivity index (χ1v) is 5.03. The molecule has 1 aromatic carbocycles. The van der Waals surface area contributed by atoms with E-state index in [1.807, 2.05) is 0 Å². The summed E-state index contributed by atoms with van der Waals surface area (Å²) in [4.78, 5) is 3.64. The Bertz CT molecular complexity index is 448. The molecule has 1 aliphatic heterocycles. The van der Waals surface area contributed by atoms with E-state index < -0.39 is 24.4 Å². The van der Waals surface area contributed by atoms with Crippen molar-refractivity contribution in [2.45, 2.75) is 12.0 Å². The fraction of sp³-hybridized carbons (Fsp3) is 0.364. The van der Waals surface area contributed by atoms with Crippen molar-refractivity contribution in [3.63, 3.8) is 0 Å². The highest BCUT2D eigenvalue weighted by atomic mass is 19.3. The van der Waals surface area contributed by atoms with Gasteiger partial charge in [0.2, 0.25) is 0 Å². The first kappa shape index (κ1) is 11.9. The maximum Gasteiger partial charge on any atom is 0.297 e. The lowest BCUT2D eigenvalue weighted by Gasteiger charge is -2.22. The molecule has 0 bridgehead atoms. The number of halogens is 3. The first-order chi connectivity index (χ1) is 8.00. The molecule has 0 amide bonds. The minimum absolute atomic E-state index is 0.0598. The maximum atomic E-state index is 13.7. The summed E-state index contributed by atoms with van der Waals surface area (Å²) in [5.74, 6) is -4.06. The fourth-order valence-corrected chi connectivity index (χ4v) is 1.66. The molecule has 17 heavy (non-hydrogen) atoms. The Balaban J connectivity index is 2.46. The molecule has 0 fully saturated rings. The molecule has 1 heterocycles. The molecule has 6 heteroatoms. The second-order valence-electron chi connectivity index (χ2n) is 3.80. The number of rotatable bonds is 1. The van der Waals surface area contributed by atoms with Gasteiger partial charge in [0.1, 0.15) is 30.9 Å². The van der Waals surface area contributed by atoms with Gasteiger partial charge >= 0.3 is 0 Å². The van der Waals surface area contributed by atoms with Crippen LogP contribution in [0, 0.1) is 5.82 Å². The maximum absolute atomic E-state index is 13.7. The zero-order chi connectivity index (χ0) is 12.5. The van der Waals surface area contributed by atoms with E-state index in [1.165, 1.54) is 18.2 Å². The molecular formula is C11H11F3N2O. The minimum Gasteiger partial charge on any atom is -0.386 e. The van der Waals surface area contributed by atoms with Gasteiger partial charge in [0.15, 0.2) is 0 Å². The van der Waals surface area contributed by atoms with Crippen molar-refractivity contribution in [1.82, 2.24) is 0 Å². The van der Waals surface area contributed by atoms with E-state index in [1.54, 1.807) is 0 Å². The molecular weight excluding hydrogens is 233 g/mol. The van der Waals surface area contributed by atoms with Gasteiger partial charge in [0, 0.05) is 5.56 Å². The fourth-order valence-electron chi connectivity index (χ4n) is 1.66. The number of aliphatic imine (C=N–C) groups is 1. The third-order valence-corrected chi connectivity index (χ3v) is 2.44. The summed E-state index contributed by atoms with van der Waals surface area (Å²) in [6, 6.07) is 3.66. The Morgan fingerprint density at radius 2 is 2.06 bits per heavy atom. The Labute approximate surface area is 96.1 Å². The number of alkyl halides is 2. The van der Waals surface area contributed by atoms with E-state index in [4.69, 9.17) is 5.73 Å². The second kappa shape index (κ2) is 4.37. The standard InChI is InChI=1S/C11H11F3N2O/c12-8-4-2-1-3-7(8)10-11(13,14)6-17-5-9(15)16-10/h1-4,10H,5-6H2,(H2,15,16). The zero-order valence-corrected chi connectivity index (χ0v) is 8.87. The molecule has 1 aliphatic rings. The SMILES string of the molecule is NC1=NC(c2ccccc2F)C(F)(F)COC1. The highest BCUT2D eigenvalue weighted by molar-refractivity contribution is 5.82. The van der Waals surface area contributed by atoms with Crippen molar-refractivity contribution in [3.05, 3.63) is 35.6 Å². The molecule has 2 rings (SSSR count). The predicted molar refractivity (Wildman–Crippen MR) is 56.5 cm³/mol. The number of ether oxygens (including phenoxy) is 1. The van der Waals surface area contributed by atoms with E-state index in [0.29, 0.717) is 0 Å². The molecule has 0 saturated carbocycles. The van der Waals surface area contributed by atoms with Crippen LogP contribution in [0.5, 0.6) is 0 Å². The van der Waals surface area contributed by atoms with Crippen molar-refractivity contribution < 1.29 is 17.9 Å². The normalized spacial score (nSPS) is 23.9. The number of nitrogens with zero attached hydrogens (tertiary/aromatic N) is 1. The molecule has 0 saturated heterocycles. The number of amidine groups is 1. The van der Waals surface area contributed by atoms with E-state index in [9.17, 15) is 13.2 Å². The van der Waals surface area contributed by atoms with Crippen LogP contribution in [0.2, 0.25) is 0 Å². The van der Waals surface area contributed by atoms with E-state index in [-0.39, 0.29) is 18.0 Å². The third kappa shape index (κ3) is 2.41. The summed E-state index contributed by atoms with van der Waals surface area (Å²) in [5.41, 5.74) is 5.23. The summed E-state index contributed by atoms with van der Waals surface area (Å²) < 4.78 is 45.6. The zero-order valence-electron chi connectivity index (χ0n) is 8.87. The predicted octanol–water partition coefficient (Wildman–Crippen LogP) is 1.89. The van der Waals surface area contributed by atoms with Crippen molar-refractivity contribution in [2.24, 2.45) is 10.7 Å². The monoisotopic (exact) mass is 244 g/mol. The lowest BCUT2D eigenvalue weighted by Crippen LogP contribution is -2.30.